The van der Waals surface area contributed by atoms with Crippen molar-refractivity contribution in [3.63, 3.8) is 0 Å². The van der Waals surface area contributed by atoms with Gasteiger partial charge in [-0.2, -0.15) is 0 Å². The molecule has 2 rings (SSSR count). The van der Waals surface area contributed by atoms with E-state index in [1.54, 1.807) is 12.1 Å². The van der Waals surface area contributed by atoms with Crippen molar-refractivity contribution in [2.45, 2.75) is 4.90 Å². The van der Waals surface area contributed by atoms with Crippen LogP contribution in [0.25, 0.3) is 0 Å². The smallest absolute Gasteiger partial charge is 0.259 e. The Morgan fingerprint density at radius 1 is 1.14 bits per heavy atom. The lowest BCUT2D eigenvalue weighted by Crippen LogP contribution is -2.17. The number of rotatable bonds is 3. The van der Waals surface area contributed by atoms with Crippen LogP contribution in [0.2, 0.25) is 10.0 Å². The zero-order valence-corrected chi connectivity index (χ0v) is 13.1. The van der Waals surface area contributed by atoms with Crippen LogP contribution >= 0.6 is 23.2 Å². The summed E-state index contributed by atoms with van der Waals surface area (Å²) in [5.41, 5.74) is -0.136. The van der Waals surface area contributed by atoms with Crippen LogP contribution in [0.5, 0.6) is 0 Å². The topological polar surface area (TPSA) is 76.1 Å². The van der Waals surface area contributed by atoms with Gasteiger partial charge in [0.15, 0.2) is 15.7 Å². The molecule has 110 valence electrons. The summed E-state index contributed by atoms with van der Waals surface area (Å²) in [6.07, 6.45) is 2.45. The summed E-state index contributed by atoms with van der Waals surface area (Å²) in [5.74, 6) is -0.565. The van der Waals surface area contributed by atoms with Gasteiger partial charge in [-0.15, -0.1) is 0 Å². The molecule has 0 aliphatic carbocycles. The molecule has 0 aliphatic heterocycles. The van der Waals surface area contributed by atoms with Crippen molar-refractivity contribution in [1.29, 1.82) is 0 Å². The van der Waals surface area contributed by atoms with Gasteiger partial charge in [-0.1, -0.05) is 29.3 Å². The second kappa shape index (κ2) is 6.01. The number of hydrogen-bond donors (Lipinski definition) is 1. The van der Waals surface area contributed by atoms with Gasteiger partial charge >= 0.3 is 0 Å². The van der Waals surface area contributed by atoms with Gasteiger partial charge in [0.25, 0.3) is 5.91 Å². The highest BCUT2D eigenvalue weighted by Gasteiger charge is 2.22. The summed E-state index contributed by atoms with van der Waals surface area (Å²) >= 11 is 11.9. The van der Waals surface area contributed by atoms with Crippen LogP contribution in [0, 0.1) is 0 Å². The second-order valence-corrected chi connectivity index (χ2v) is 6.97. The van der Waals surface area contributed by atoms with E-state index in [0.29, 0.717) is 0 Å². The zero-order valence-electron chi connectivity index (χ0n) is 10.8. The first kappa shape index (κ1) is 15.8. The Bertz CT molecular complexity index is 807. The number of pyridine rings is 1. The lowest BCUT2D eigenvalue weighted by Gasteiger charge is -2.10. The molecule has 21 heavy (non-hydrogen) atoms. The number of carbonyl (C=O) groups excluding carboxylic acids is 1. The molecule has 1 heterocycles. The lowest BCUT2D eigenvalue weighted by atomic mass is 10.2. The van der Waals surface area contributed by atoms with E-state index in [4.69, 9.17) is 23.2 Å². The van der Waals surface area contributed by atoms with Gasteiger partial charge < -0.3 is 5.32 Å². The van der Waals surface area contributed by atoms with Crippen molar-refractivity contribution in [2.24, 2.45) is 0 Å². The molecule has 0 saturated carbocycles. The Hall–Kier alpha value is -1.63. The standard InChI is InChI=1S/C13H10Cl2N2O3S/c1-21(19,20)10-6-2-4-8(14)11(10)13(18)17-12-9(15)5-3-7-16-12/h2-7H,1H3,(H,16,17,18). The first-order valence-electron chi connectivity index (χ1n) is 5.71. The first-order chi connectivity index (χ1) is 9.80. The number of carbonyl (C=O) groups is 1. The van der Waals surface area contributed by atoms with Crippen LogP contribution in [0.15, 0.2) is 41.4 Å². The third-order valence-corrected chi connectivity index (χ3v) is 4.35. The van der Waals surface area contributed by atoms with E-state index in [1.165, 1.54) is 24.4 Å². The second-order valence-electron chi connectivity index (χ2n) is 4.17. The third-order valence-electron chi connectivity index (χ3n) is 2.59. The molecule has 0 fully saturated rings. The Morgan fingerprint density at radius 3 is 2.43 bits per heavy atom. The van der Waals surface area contributed by atoms with Gasteiger partial charge in [-0.3, -0.25) is 4.79 Å². The lowest BCUT2D eigenvalue weighted by molar-refractivity contribution is 0.102. The highest BCUT2D eigenvalue weighted by molar-refractivity contribution is 7.90. The minimum atomic E-state index is -3.60. The number of aromatic nitrogens is 1. The maximum absolute atomic E-state index is 12.3. The largest absolute Gasteiger partial charge is 0.305 e. The van der Waals surface area contributed by atoms with Crippen LogP contribution in [0.4, 0.5) is 5.82 Å². The van der Waals surface area contributed by atoms with E-state index >= 15 is 0 Å². The normalized spacial score (nSPS) is 11.2. The minimum Gasteiger partial charge on any atom is -0.305 e. The van der Waals surface area contributed by atoms with Gasteiger partial charge in [-0.05, 0) is 24.3 Å². The fourth-order valence-electron chi connectivity index (χ4n) is 1.68. The average molecular weight is 345 g/mol. The van der Waals surface area contributed by atoms with Crippen LogP contribution in [0.3, 0.4) is 0 Å². The van der Waals surface area contributed by atoms with Crippen LogP contribution in [-0.4, -0.2) is 25.6 Å². The van der Waals surface area contributed by atoms with E-state index in [1.807, 2.05) is 0 Å². The Kier molecular flexibility index (Phi) is 4.51. The van der Waals surface area contributed by atoms with Crippen molar-refractivity contribution in [3.05, 3.63) is 52.1 Å². The Labute approximate surface area is 131 Å². The van der Waals surface area contributed by atoms with Crippen molar-refractivity contribution < 1.29 is 13.2 Å². The Morgan fingerprint density at radius 2 is 1.81 bits per heavy atom. The molecule has 0 atom stereocenters. The van der Waals surface area contributed by atoms with Crippen molar-refractivity contribution >= 4 is 44.8 Å². The number of nitrogens with one attached hydrogen (secondary N) is 1. The maximum Gasteiger partial charge on any atom is 0.259 e. The predicted octanol–water partition coefficient (Wildman–Crippen LogP) is 3.04. The molecular formula is C13H10Cl2N2O3S. The molecule has 0 unspecified atom stereocenters. The highest BCUT2D eigenvalue weighted by Crippen LogP contribution is 2.26. The van der Waals surface area contributed by atoms with E-state index in [2.05, 4.69) is 10.3 Å². The number of nitrogens with zero attached hydrogens (tertiary/aromatic N) is 1. The molecule has 1 aromatic heterocycles. The molecule has 5 nitrogen and oxygen atoms in total. The summed E-state index contributed by atoms with van der Waals surface area (Å²) in [4.78, 5) is 16.1. The fourth-order valence-corrected chi connectivity index (χ4v) is 3.07. The van der Waals surface area contributed by atoms with Gasteiger partial charge in [0.2, 0.25) is 0 Å². The summed E-state index contributed by atoms with van der Waals surface area (Å²) in [5, 5.41) is 2.71. The maximum atomic E-state index is 12.3. The van der Waals surface area contributed by atoms with Gasteiger partial charge in [0.05, 0.1) is 20.5 Å². The SMILES string of the molecule is CS(=O)(=O)c1cccc(Cl)c1C(=O)Nc1ncccc1Cl. The van der Waals surface area contributed by atoms with E-state index in [9.17, 15) is 13.2 Å². The number of sulfone groups is 1. The molecule has 0 saturated heterocycles. The molecule has 1 aromatic carbocycles. The number of amides is 1. The third kappa shape index (κ3) is 3.53. The summed E-state index contributed by atoms with van der Waals surface area (Å²) < 4.78 is 23.5. The summed E-state index contributed by atoms with van der Waals surface area (Å²) in [6, 6.07) is 7.37. The van der Waals surface area contributed by atoms with Gasteiger partial charge in [0.1, 0.15) is 0 Å². The minimum absolute atomic E-state index is 0.0301. The zero-order chi connectivity index (χ0) is 15.6. The fraction of sp³-hybridized carbons (Fsp3) is 0.0769. The van der Waals surface area contributed by atoms with E-state index < -0.39 is 15.7 Å². The molecule has 2 aromatic rings. The number of halogens is 2. The Balaban J connectivity index is 2.48. The number of benzene rings is 1. The van der Waals surface area contributed by atoms with Crippen LogP contribution in [0.1, 0.15) is 10.4 Å². The average Bonchev–Trinajstić information content (AvgIpc) is 2.40. The van der Waals surface area contributed by atoms with Crippen molar-refractivity contribution in [2.75, 3.05) is 11.6 Å². The van der Waals surface area contributed by atoms with Crippen molar-refractivity contribution in [3.8, 4) is 0 Å². The van der Waals surface area contributed by atoms with Gasteiger partial charge in [-0.25, -0.2) is 13.4 Å². The molecule has 0 radical (unpaired) electrons. The molecule has 1 amide bonds. The molecule has 0 aliphatic rings. The molecule has 0 bridgehead atoms. The summed E-state index contributed by atoms with van der Waals surface area (Å²) in [7, 11) is -3.60. The monoisotopic (exact) mass is 344 g/mol. The quantitative estimate of drug-likeness (QED) is 0.928. The van der Waals surface area contributed by atoms with Crippen molar-refractivity contribution in [1.82, 2.24) is 4.98 Å². The summed E-state index contributed by atoms with van der Waals surface area (Å²) in [6.45, 7) is 0. The van der Waals surface area contributed by atoms with E-state index in [-0.39, 0.29) is 26.3 Å². The van der Waals surface area contributed by atoms with Crippen LogP contribution in [-0.2, 0) is 9.84 Å². The number of anilines is 1. The number of hydrogen-bond acceptors (Lipinski definition) is 4. The molecule has 1 N–H and O–H groups in total. The highest BCUT2D eigenvalue weighted by atomic mass is 35.5. The van der Waals surface area contributed by atoms with Gasteiger partial charge in [0, 0.05) is 12.5 Å². The molecule has 8 heteroatoms. The first-order valence-corrected chi connectivity index (χ1v) is 8.36. The van der Waals surface area contributed by atoms with Crippen LogP contribution < -0.4 is 5.32 Å². The van der Waals surface area contributed by atoms with E-state index in [0.717, 1.165) is 6.26 Å². The molecule has 0 spiro atoms. The molecular weight excluding hydrogens is 335 g/mol. The predicted molar refractivity (Wildman–Crippen MR) is 81.8 cm³/mol.